The lowest BCUT2D eigenvalue weighted by atomic mass is 9.67. The van der Waals surface area contributed by atoms with Gasteiger partial charge in [-0.3, -0.25) is 9.59 Å². The van der Waals surface area contributed by atoms with Gasteiger partial charge in [0, 0.05) is 16.0 Å². The number of carboxylic acids is 1. The Morgan fingerprint density at radius 3 is 2.36 bits per heavy atom. The van der Waals surface area contributed by atoms with E-state index in [1.54, 1.807) is 31.2 Å². The SMILES string of the molecule is CC[C@H](c1cccc(Cl)n1)N1C(=O)[C@](C)(CC(=O)O)C[C@H](c2cccc(Cl)c2)[C@H]1c1ccc(Cl)cc1. The minimum absolute atomic E-state index is 0.222. The Balaban J connectivity index is 1.96. The number of halogens is 3. The number of aliphatic carboxylic acids is 1. The summed E-state index contributed by atoms with van der Waals surface area (Å²) in [6.07, 6.45) is 0.627. The molecule has 0 bridgehead atoms. The Labute approximate surface area is 226 Å². The molecule has 1 aliphatic heterocycles. The smallest absolute Gasteiger partial charge is 0.304 e. The zero-order chi connectivity index (χ0) is 26.0. The van der Waals surface area contributed by atoms with E-state index in [1.807, 2.05) is 54.3 Å². The molecule has 0 saturated carbocycles. The maximum Gasteiger partial charge on any atom is 0.304 e. The first-order valence-corrected chi connectivity index (χ1v) is 12.9. The van der Waals surface area contributed by atoms with E-state index in [1.165, 1.54) is 0 Å². The van der Waals surface area contributed by atoms with Crippen LogP contribution < -0.4 is 0 Å². The van der Waals surface area contributed by atoms with Crippen LogP contribution in [0.15, 0.2) is 66.7 Å². The number of rotatable bonds is 7. The van der Waals surface area contributed by atoms with Gasteiger partial charge in [0.15, 0.2) is 0 Å². The van der Waals surface area contributed by atoms with Gasteiger partial charge in [-0.15, -0.1) is 0 Å². The molecule has 1 fully saturated rings. The number of benzene rings is 2. The first-order valence-electron chi connectivity index (χ1n) is 11.8. The van der Waals surface area contributed by atoms with Gasteiger partial charge in [0.05, 0.1) is 29.6 Å². The van der Waals surface area contributed by atoms with E-state index < -0.39 is 23.5 Å². The van der Waals surface area contributed by atoms with Crippen molar-refractivity contribution in [2.24, 2.45) is 5.41 Å². The molecule has 0 aliphatic carbocycles. The molecule has 2 aromatic carbocycles. The minimum Gasteiger partial charge on any atom is -0.481 e. The molecule has 1 saturated heterocycles. The van der Waals surface area contributed by atoms with Crippen molar-refractivity contribution in [2.75, 3.05) is 0 Å². The first kappa shape index (κ1) is 26.5. The lowest BCUT2D eigenvalue weighted by Gasteiger charge is -2.51. The van der Waals surface area contributed by atoms with Gasteiger partial charge in [-0.05, 0) is 60.4 Å². The van der Waals surface area contributed by atoms with Crippen LogP contribution in [0.2, 0.25) is 15.2 Å². The molecule has 0 radical (unpaired) electrons. The predicted octanol–water partition coefficient (Wildman–Crippen LogP) is 7.73. The summed E-state index contributed by atoms with van der Waals surface area (Å²) in [6, 6.07) is 19.5. The van der Waals surface area contributed by atoms with E-state index >= 15 is 0 Å². The monoisotopic (exact) mass is 544 g/mol. The molecule has 0 unspecified atom stereocenters. The summed E-state index contributed by atoms with van der Waals surface area (Å²) in [5.41, 5.74) is 1.36. The molecule has 8 heteroatoms. The fraction of sp³-hybridized carbons (Fsp3) is 0.321. The number of hydrogen-bond donors (Lipinski definition) is 1. The quantitative estimate of drug-likeness (QED) is 0.308. The number of pyridine rings is 1. The molecule has 4 atom stereocenters. The average Bonchev–Trinajstić information content (AvgIpc) is 2.82. The summed E-state index contributed by atoms with van der Waals surface area (Å²) in [6.45, 7) is 3.72. The lowest BCUT2D eigenvalue weighted by Crippen LogP contribution is -2.53. The van der Waals surface area contributed by atoms with Crippen LogP contribution in [0.1, 0.15) is 67.9 Å². The molecular weight excluding hydrogens is 519 g/mol. The highest BCUT2D eigenvalue weighted by Gasteiger charge is 2.52. The van der Waals surface area contributed by atoms with Crippen LogP contribution in [0.5, 0.6) is 0 Å². The third-order valence-electron chi connectivity index (χ3n) is 6.93. The second-order valence-corrected chi connectivity index (χ2v) is 10.8. The summed E-state index contributed by atoms with van der Waals surface area (Å²) in [5, 5.41) is 11.3. The predicted molar refractivity (Wildman–Crippen MR) is 142 cm³/mol. The van der Waals surface area contributed by atoms with Crippen LogP contribution in [0.4, 0.5) is 0 Å². The van der Waals surface area contributed by atoms with Crippen LogP contribution in [0.3, 0.4) is 0 Å². The summed E-state index contributed by atoms with van der Waals surface area (Å²) in [5.74, 6) is -1.47. The van der Waals surface area contributed by atoms with Crippen molar-refractivity contribution in [3.8, 4) is 0 Å². The first-order chi connectivity index (χ1) is 17.1. The van der Waals surface area contributed by atoms with Gasteiger partial charge < -0.3 is 10.0 Å². The Morgan fingerprint density at radius 2 is 1.75 bits per heavy atom. The fourth-order valence-electron chi connectivity index (χ4n) is 5.38. The Bertz CT molecular complexity index is 1270. The third kappa shape index (κ3) is 5.39. The Kier molecular flexibility index (Phi) is 7.93. The molecule has 3 aromatic rings. The molecule has 1 aliphatic rings. The topological polar surface area (TPSA) is 70.5 Å². The molecule has 36 heavy (non-hydrogen) atoms. The highest BCUT2D eigenvalue weighted by atomic mass is 35.5. The molecule has 1 aromatic heterocycles. The van der Waals surface area contributed by atoms with E-state index in [2.05, 4.69) is 4.98 Å². The van der Waals surface area contributed by atoms with E-state index in [9.17, 15) is 14.7 Å². The van der Waals surface area contributed by atoms with Crippen LogP contribution in [0, 0.1) is 5.41 Å². The largest absolute Gasteiger partial charge is 0.481 e. The number of carbonyl (C=O) groups excluding carboxylic acids is 1. The number of carbonyl (C=O) groups is 2. The van der Waals surface area contributed by atoms with Crippen molar-refractivity contribution < 1.29 is 14.7 Å². The van der Waals surface area contributed by atoms with Crippen LogP contribution in [-0.4, -0.2) is 26.9 Å². The number of amides is 1. The molecule has 0 spiro atoms. The average molecular weight is 546 g/mol. The van der Waals surface area contributed by atoms with Gasteiger partial charge in [0.2, 0.25) is 5.91 Å². The van der Waals surface area contributed by atoms with E-state index in [0.29, 0.717) is 33.7 Å². The normalized spacial score (nSPS) is 22.9. The Hall–Kier alpha value is -2.60. The van der Waals surface area contributed by atoms with Gasteiger partial charge >= 0.3 is 5.97 Å². The molecule has 1 N–H and O–H groups in total. The van der Waals surface area contributed by atoms with Gasteiger partial charge in [-0.25, -0.2) is 4.98 Å². The molecule has 2 heterocycles. The molecule has 4 rings (SSSR count). The van der Waals surface area contributed by atoms with Gasteiger partial charge in [0.1, 0.15) is 5.15 Å². The van der Waals surface area contributed by atoms with E-state index in [4.69, 9.17) is 34.8 Å². The van der Waals surface area contributed by atoms with E-state index in [0.717, 1.165) is 11.1 Å². The number of nitrogens with zero attached hydrogens (tertiary/aromatic N) is 2. The lowest BCUT2D eigenvalue weighted by molar-refractivity contribution is -0.161. The van der Waals surface area contributed by atoms with Crippen molar-refractivity contribution in [1.82, 2.24) is 9.88 Å². The van der Waals surface area contributed by atoms with Crippen molar-refractivity contribution in [3.63, 3.8) is 0 Å². The van der Waals surface area contributed by atoms with Gasteiger partial charge in [-0.1, -0.05) is 79.0 Å². The number of aromatic nitrogens is 1. The molecule has 1 amide bonds. The number of piperidine rings is 1. The van der Waals surface area contributed by atoms with Crippen molar-refractivity contribution in [1.29, 1.82) is 0 Å². The van der Waals surface area contributed by atoms with Gasteiger partial charge in [0.25, 0.3) is 0 Å². The second kappa shape index (κ2) is 10.8. The second-order valence-electron chi connectivity index (χ2n) is 9.51. The van der Waals surface area contributed by atoms with Gasteiger partial charge in [-0.2, -0.15) is 0 Å². The minimum atomic E-state index is -1.13. The van der Waals surface area contributed by atoms with Crippen LogP contribution in [-0.2, 0) is 9.59 Å². The zero-order valence-corrected chi connectivity index (χ0v) is 22.3. The van der Waals surface area contributed by atoms with Crippen LogP contribution in [0.25, 0.3) is 0 Å². The van der Waals surface area contributed by atoms with Crippen molar-refractivity contribution >= 4 is 46.7 Å². The van der Waals surface area contributed by atoms with Crippen molar-refractivity contribution in [3.05, 3.63) is 98.7 Å². The summed E-state index contributed by atoms with van der Waals surface area (Å²) < 4.78 is 0. The molecule has 5 nitrogen and oxygen atoms in total. The third-order valence-corrected chi connectivity index (χ3v) is 7.63. The van der Waals surface area contributed by atoms with E-state index in [-0.39, 0.29) is 18.2 Å². The van der Waals surface area contributed by atoms with Crippen molar-refractivity contribution in [2.45, 2.75) is 51.1 Å². The maximum atomic E-state index is 14.3. The maximum absolute atomic E-state index is 14.3. The summed E-state index contributed by atoms with van der Waals surface area (Å²) in [4.78, 5) is 32.6. The van der Waals surface area contributed by atoms with Crippen LogP contribution >= 0.6 is 34.8 Å². The standard InChI is InChI=1S/C28H27Cl3N2O3/c1-3-23(22-8-5-9-24(31)32-22)33-26(17-10-12-19(29)13-11-17)21(18-6-4-7-20(30)14-18)15-28(2,27(33)36)16-25(34)35/h4-14,21,23,26H,3,15-16H2,1-2H3,(H,34,35)/t21-,23-,26-,28+/m1/s1. The number of hydrogen-bond acceptors (Lipinski definition) is 3. The summed E-state index contributed by atoms with van der Waals surface area (Å²) in [7, 11) is 0. The highest BCUT2D eigenvalue weighted by Crippen LogP contribution is 2.54. The fourth-order valence-corrected chi connectivity index (χ4v) is 5.88. The highest BCUT2D eigenvalue weighted by molar-refractivity contribution is 6.31. The molecule has 188 valence electrons. The molecular formula is C28H27Cl3N2O3. The summed E-state index contributed by atoms with van der Waals surface area (Å²) >= 11 is 18.8. The number of likely N-dealkylation sites (tertiary alicyclic amines) is 1. The Morgan fingerprint density at radius 1 is 1.06 bits per heavy atom. The zero-order valence-electron chi connectivity index (χ0n) is 20.0. The number of carboxylic acid groups (broad SMARTS) is 1.